The molecule has 1 N–H and O–H groups in total. The molecule has 5 rings (SSSR count). The van der Waals surface area contributed by atoms with E-state index >= 15 is 0 Å². The van der Waals surface area contributed by atoms with E-state index in [4.69, 9.17) is 4.74 Å². The summed E-state index contributed by atoms with van der Waals surface area (Å²) in [5, 5.41) is 7.54. The molecule has 1 fully saturated rings. The van der Waals surface area contributed by atoms with E-state index in [0.717, 1.165) is 42.0 Å². The lowest BCUT2D eigenvalue weighted by Gasteiger charge is -2.22. The van der Waals surface area contributed by atoms with Crippen molar-refractivity contribution in [2.75, 3.05) is 31.6 Å². The number of carbonyl (C=O) groups is 1. The van der Waals surface area contributed by atoms with E-state index in [1.54, 1.807) is 15.1 Å². The molecule has 0 atom stereocenters. The van der Waals surface area contributed by atoms with Crippen LogP contribution in [0.1, 0.15) is 54.7 Å². The summed E-state index contributed by atoms with van der Waals surface area (Å²) in [7, 11) is 0. The smallest absolute Gasteiger partial charge is 0.275 e. The normalized spacial score (nSPS) is 17.6. The van der Waals surface area contributed by atoms with Gasteiger partial charge < -0.3 is 10.1 Å². The van der Waals surface area contributed by atoms with Crippen molar-refractivity contribution >= 4 is 22.8 Å². The number of aryl methyl sites for hydroxylation is 2. The van der Waals surface area contributed by atoms with Crippen molar-refractivity contribution in [2.24, 2.45) is 0 Å². The molecule has 2 aliphatic rings. The lowest BCUT2D eigenvalue weighted by molar-refractivity contribution is 0.0978. The first kappa shape index (κ1) is 21.6. The number of anilines is 2. The third kappa shape index (κ3) is 3.70. The topological polar surface area (TPSA) is 93.8 Å². The highest BCUT2D eigenvalue weighted by atomic mass is 16.5. The van der Waals surface area contributed by atoms with Crippen molar-refractivity contribution in [3.63, 3.8) is 0 Å². The van der Waals surface area contributed by atoms with Crippen LogP contribution in [-0.2, 0) is 5.54 Å². The van der Waals surface area contributed by atoms with Crippen LogP contribution in [0.15, 0.2) is 23.4 Å². The first-order chi connectivity index (χ1) is 15.8. The number of fused-ring (bicyclic) bond motifs is 2. The fraction of sp³-hybridized carbons (Fsp3) is 0.500. The molecule has 33 heavy (non-hydrogen) atoms. The summed E-state index contributed by atoms with van der Waals surface area (Å²) in [6.07, 6.45) is 6.14. The largest absolute Gasteiger partial charge is 0.490 e. The number of pyridine rings is 1. The molecule has 0 radical (unpaired) electrons. The Kier molecular flexibility index (Phi) is 5.23. The molecule has 0 unspecified atom stereocenters. The summed E-state index contributed by atoms with van der Waals surface area (Å²) in [6.45, 7) is 11.5. The Morgan fingerprint density at radius 3 is 2.70 bits per heavy atom. The number of Topliss-reactive ketones (excluding diaryl/α,β-unsaturated/α-hetero) is 1. The molecule has 9 nitrogen and oxygen atoms in total. The van der Waals surface area contributed by atoms with Crippen LogP contribution < -0.4 is 15.6 Å². The third-order valence-corrected chi connectivity index (χ3v) is 6.75. The molecule has 0 amide bonds. The molecule has 3 aromatic rings. The standard InChI is InChI=1S/C24H30N6O3/c1-15-11-17(23(32)30-20(15)18(31)12-24(30,3)4)27-22-21-16(2)19(13-29(21)26-14-25-22)33-10-9-28-7-5-6-8-28/h11,13-14H,5-10,12H2,1-4H3,(H,25,26,27). The highest BCUT2D eigenvalue weighted by Crippen LogP contribution is 2.33. The van der Waals surface area contributed by atoms with Gasteiger partial charge in [0, 0.05) is 18.5 Å². The summed E-state index contributed by atoms with van der Waals surface area (Å²) < 4.78 is 9.41. The number of hydrogen-bond donors (Lipinski definition) is 1. The van der Waals surface area contributed by atoms with Gasteiger partial charge in [0.25, 0.3) is 5.56 Å². The molecule has 2 aliphatic heterocycles. The monoisotopic (exact) mass is 450 g/mol. The van der Waals surface area contributed by atoms with Crippen LogP contribution in [0.4, 0.5) is 11.5 Å². The first-order valence-corrected chi connectivity index (χ1v) is 11.5. The number of nitrogens with zero attached hydrogens (tertiary/aromatic N) is 5. The van der Waals surface area contributed by atoms with Gasteiger partial charge in [-0.25, -0.2) is 9.50 Å². The average molecular weight is 451 g/mol. The maximum absolute atomic E-state index is 13.3. The van der Waals surface area contributed by atoms with E-state index in [-0.39, 0.29) is 11.3 Å². The summed E-state index contributed by atoms with van der Waals surface area (Å²) in [5.74, 6) is 1.28. The Labute approximate surface area is 192 Å². The quantitative estimate of drug-likeness (QED) is 0.617. The van der Waals surface area contributed by atoms with E-state index in [1.165, 1.54) is 19.2 Å². The van der Waals surface area contributed by atoms with Crippen molar-refractivity contribution < 1.29 is 9.53 Å². The molecule has 0 bridgehead atoms. The van der Waals surface area contributed by atoms with Gasteiger partial charge >= 0.3 is 0 Å². The van der Waals surface area contributed by atoms with Gasteiger partial charge in [0.2, 0.25) is 0 Å². The van der Waals surface area contributed by atoms with Gasteiger partial charge in [-0.1, -0.05) is 0 Å². The number of likely N-dealkylation sites (tertiary alicyclic amines) is 1. The minimum absolute atomic E-state index is 0.00346. The van der Waals surface area contributed by atoms with Gasteiger partial charge in [0.1, 0.15) is 29.9 Å². The number of aromatic nitrogens is 4. The van der Waals surface area contributed by atoms with Gasteiger partial charge in [0.05, 0.1) is 17.4 Å². The Balaban J connectivity index is 1.46. The predicted molar refractivity (Wildman–Crippen MR) is 126 cm³/mol. The molecular formula is C24H30N6O3. The van der Waals surface area contributed by atoms with Gasteiger partial charge in [0.15, 0.2) is 11.6 Å². The second kappa shape index (κ2) is 7.98. The van der Waals surface area contributed by atoms with Crippen molar-refractivity contribution in [1.82, 2.24) is 24.1 Å². The van der Waals surface area contributed by atoms with Gasteiger partial charge in [-0.3, -0.25) is 19.1 Å². The Morgan fingerprint density at radius 1 is 1.18 bits per heavy atom. The summed E-state index contributed by atoms with van der Waals surface area (Å²) >= 11 is 0. The fourth-order valence-electron chi connectivity index (χ4n) is 5.11. The SMILES string of the molecule is Cc1cc(Nc2ncnn3cc(OCCN4CCCC4)c(C)c23)c(=O)n2c1C(=O)CC2(C)C. The molecule has 174 valence electrons. The lowest BCUT2D eigenvalue weighted by Crippen LogP contribution is -2.34. The molecule has 0 aliphatic carbocycles. The maximum Gasteiger partial charge on any atom is 0.275 e. The highest BCUT2D eigenvalue weighted by molar-refractivity contribution is 5.99. The van der Waals surface area contributed by atoms with Crippen LogP contribution in [0, 0.1) is 13.8 Å². The molecule has 3 aromatic heterocycles. The molecule has 9 heteroatoms. The number of carbonyl (C=O) groups excluding carboxylic acids is 1. The van der Waals surface area contributed by atoms with Crippen LogP contribution in [-0.4, -0.2) is 56.1 Å². The summed E-state index contributed by atoms with van der Waals surface area (Å²) in [6, 6.07) is 1.73. The highest BCUT2D eigenvalue weighted by Gasteiger charge is 2.38. The zero-order valence-corrected chi connectivity index (χ0v) is 19.6. The van der Waals surface area contributed by atoms with Crippen molar-refractivity contribution in [2.45, 2.75) is 52.5 Å². The van der Waals surface area contributed by atoms with Crippen molar-refractivity contribution in [3.8, 4) is 5.75 Å². The summed E-state index contributed by atoms with van der Waals surface area (Å²) in [5.41, 5.74) is 2.53. The van der Waals surface area contributed by atoms with E-state index < -0.39 is 5.54 Å². The number of ether oxygens (including phenoxy) is 1. The van der Waals surface area contributed by atoms with E-state index in [0.29, 0.717) is 30.2 Å². The number of hydrogen-bond acceptors (Lipinski definition) is 7. The van der Waals surface area contributed by atoms with Gasteiger partial charge in [-0.05, 0) is 65.3 Å². The number of ketones is 1. The minimum Gasteiger partial charge on any atom is -0.490 e. The fourth-order valence-corrected chi connectivity index (χ4v) is 5.11. The van der Waals surface area contributed by atoms with Crippen LogP contribution in [0.3, 0.4) is 0 Å². The second-order valence-corrected chi connectivity index (χ2v) is 9.68. The third-order valence-electron chi connectivity index (χ3n) is 6.75. The zero-order valence-electron chi connectivity index (χ0n) is 19.6. The van der Waals surface area contributed by atoms with Crippen molar-refractivity contribution in [1.29, 1.82) is 0 Å². The molecule has 0 saturated carbocycles. The zero-order chi connectivity index (χ0) is 23.3. The van der Waals surface area contributed by atoms with Crippen LogP contribution in [0.2, 0.25) is 0 Å². The Hall–Kier alpha value is -3.20. The van der Waals surface area contributed by atoms with Crippen LogP contribution in [0.5, 0.6) is 5.75 Å². The molecule has 0 aromatic carbocycles. The van der Waals surface area contributed by atoms with Crippen molar-refractivity contribution in [3.05, 3.63) is 45.8 Å². The molecular weight excluding hydrogens is 420 g/mol. The number of nitrogens with one attached hydrogen (secondary N) is 1. The lowest BCUT2D eigenvalue weighted by atomic mass is 10.0. The van der Waals surface area contributed by atoms with Crippen LogP contribution in [0.25, 0.3) is 5.52 Å². The van der Waals surface area contributed by atoms with Crippen LogP contribution >= 0.6 is 0 Å². The second-order valence-electron chi connectivity index (χ2n) is 9.68. The van der Waals surface area contributed by atoms with E-state index in [2.05, 4.69) is 20.3 Å². The molecule has 0 spiro atoms. The maximum atomic E-state index is 13.3. The van der Waals surface area contributed by atoms with Gasteiger partial charge in [-0.15, -0.1) is 0 Å². The first-order valence-electron chi connectivity index (χ1n) is 11.5. The molecule has 1 saturated heterocycles. The Morgan fingerprint density at radius 2 is 1.94 bits per heavy atom. The average Bonchev–Trinajstić information content (AvgIpc) is 3.44. The van der Waals surface area contributed by atoms with E-state index in [1.807, 2.05) is 33.9 Å². The minimum atomic E-state index is -0.561. The Bertz CT molecular complexity index is 1300. The van der Waals surface area contributed by atoms with Gasteiger partial charge in [-0.2, -0.15) is 5.10 Å². The predicted octanol–water partition coefficient (Wildman–Crippen LogP) is 3.05. The van der Waals surface area contributed by atoms with E-state index in [9.17, 15) is 9.59 Å². The molecule has 5 heterocycles. The number of rotatable bonds is 6. The summed E-state index contributed by atoms with van der Waals surface area (Å²) in [4.78, 5) is 32.7.